The number of amides is 1. The maximum Gasteiger partial charge on any atom is 0.240 e. The molecule has 0 saturated heterocycles. The first kappa shape index (κ1) is 15.8. The Morgan fingerprint density at radius 3 is 2.67 bits per heavy atom. The summed E-state index contributed by atoms with van der Waals surface area (Å²) in [5.74, 6) is -0.0576. The lowest BCUT2D eigenvalue weighted by Gasteiger charge is -2.20. The van der Waals surface area contributed by atoms with Crippen LogP contribution < -0.4 is 5.32 Å². The third kappa shape index (κ3) is 3.34. The van der Waals surface area contributed by atoms with Crippen LogP contribution in [0.5, 0.6) is 0 Å². The van der Waals surface area contributed by atoms with Gasteiger partial charge in [0, 0.05) is 12.6 Å². The first-order valence-corrected chi connectivity index (χ1v) is 7.59. The van der Waals surface area contributed by atoms with E-state index in [0.29, 0.717) is 4.77 Å². The number of aryl methyl sites for hydroxylation is 2. The second kappa shape index (κ2) is 5.63. The van der Waals surface area contributed by atoms with Crippen LogP contribution in [-0.2, 0) is 24.8 Å². The minimum Gasteiger partial charge on any atom is -0.350 e. The molecule has 1 amide bonds. The molecular weight excluding hydrogens is 286 g/mol. The smallest absolute Gasteiger partial charge is 0.240 e. The van der Waals surface area contributed by atoms with Crippen LogP contribution in [0.1, 0.15) is 39.8 Å². The molecule has 2 aromatic heterocycles. The largest absolute Gasteiger partial charge is 0.350 e. The predicted molar refractivity (Wildman–Crippen MR) is 85.8 cm³/mol. The number of nitrogens with one attached hydrogen (secondary N) is 2. The number of aromatic nitrogens is 4. The third-order valence-corrected chi connectivity index (χ3v) is 3.45. The van der Waals surface area contributed by atoms with E-state index in [0.717, 1.165) is 29.7 Å². The standard InChI is InChI=1S/C14H23N5OS/c1-6-7-9-11-12(18(5)17-9)19(13(21)15-11)8-10(20)16-14(2,3)4/h6-8H2,1-5H3,(H,15,21)(H,16,20). The highest BCUT2D eigenvalue weighted by Gasteiger charge is 2.19. The molecule has 2 rings (SSSR count). The Labute approximate surface area is 129 Å². The van der Waals surface area contributed by atoms with Crippen molar-refractivity contribution in [2.75, 3.05) is 0 Å². The van der Waals surface area contributed by atoms with Gasteiger partial charge >= 0.3 is 0 Å². The SMILES string of the molecule is CCCc1nn(C)c2c1[nH]c(=S)n2CC(=O)NC(C)(C)C. The number of carbonyl (C=O) groups excluding carboxylic acids is 1. The normalized spacial score (nSPS) is 12.0. The minimum atomic E-state index is -0.255. The van der Waals surface area contributed by atoms with E-state index in [1.54, 1.807) is 9.25 Å². The van der Waals surface area contributed by atoms with E-state index in [-0.39, 0.29) is 18.0 Å². The van der Waals surface area contributed by atoms with Gasteiger partial charge in [-0.05, 0) is 39.4 Å². The second-order valence-corrected chi connectivity index (χ2v) is 6.72. The molecule has 0 aliphatic heterocycles. The zero-order valence-corrected chi connectivity index (χ0v) is 14.1. The van der Waals surface area contributed by atoms with Gasteiger partial charge in [0.15, 0.2) is 10.4 Å². The Hall–Kier alpha value is -1.63. The molecule has 0 fully saturated rings. The van der Waals surface area contributed by atoms with Crippen molar-refractivity contribution in [1.29, 1.82) is 0 Å². The zero-order valence-electron chi connectivity index (χ0n) is 13.3. The number of hydrogen-bond donors (Lipinski definition) is 2. The van der Waals surface area contributed by atoms with Crippen LogP contribution >= 0.6 is 12.2 Å². The molecule has 2 aromatic rings. The lowest BCUT2D eigenvalue weighted by Crippen LogP contribution is -2.42. The molecule has 0 unspecified atom stereocenters. The summed E-state index contributed by atoms with van der Waals surface area (Å²) in [7, 11) is 1.88. The van der Waals surface area contributed by atoms with Gasteiger partial charge in [-0.15, -0.1) is 0 Å². The second-order valence-electron chi connectivity index (χ2n) is 6.33. The van der Waals surface area contributed by atoms with Gasteiger partial charge in [-0.1, -0.05) is 13.3 Å². The number of nitrogens with zero attached hydrogens (tertiary/aromatic N) is 3. The molecule has 0 atom stereocenters. The number of carbonyl (C=O) groups is 1. The summed E-state index contributed by atoms with van der Waals surface area (Å²) in [6.45, 7) is 8.19. The summed E-state index contributed by atoms with van der Waals surface area (Å²) in [4.78, 5) is 15.3. The fourth-order valence-corrected chi connectivity index (χ4v) is 2.69. The molecule has 0 aromatic carbocycles. The van der Waals surface area contributed by atoms with Gasteiger partial charge in [-0.2, -0.15) is 5.10 Å². The molecular formula is C14H23N5OS. The van der Waals surface area contributed by atoms with E-state index in [9.17, 15) is 4.79 Å². The zero-order chi connectivity index (χ0) is 15.8. The van der Waals surface area contributed by atoms with E-state index in [4.69, 9.17) is 12.2 Å². The first-order chi connectivity index (χ1) is 9.73. The van der Waals surface area contributed by atoms with Crippen LogP contribution in [0.3, 0.4) is 0 Å². The molecule has 0 saturated carbocycles. The molecule has 0 aliphatic rings. The summed E-state index contributed by atoms with van der Waals surface area (Å²) in [6, 6.07) is 0. The Morgan fingerprint density at radius 2 is 2.10 bits per heavy atom. The number of fused-ring (bicyclic) bond motifs is 1. The van der Waals surface area contributed by atoms with Gasteiger partial charge in [-0.3, -0.25) is 14.0 Å². The van der Waals surface area contributed by atoms with Crippen LogP contribution in [0, 0.1) is 4.77 Å². The molecule has 2 N–H and O–H groups in total. The molecule has 21 heavy (non-hydrogen) atoms. The molecule has 0 aliphatic carbocycles. The van der Waals surface area contributed by atoms with E-state index in [1.807, 2.05) is 27.8 Å². The van der Waals surface area contributed by atoms with Gasteiger partial charge in [0.1, 0.15) is 12.1 Å². The summed E-state index contributed by atoms with van der Waals surface area (Å²) in [5, 5.41) is 7.46. The third-order valence-electron chi connectivity index (χ3n) is 3.13. The van der Waals surface area contributed by atoms with E-state index in [1.165, 1.54) is 0 Å². The molecule has 0 bridgehead atoms. The average Bonchev–Trinajstić information content (AvgIpc) is 2.78. The molecule has 2 heterocycles. The Bertz CT molecular complexity index is 716. The highest BCUT2D eigenvalue weighted by Crippen LogP contribution is 2.19. The molecule has 116 valence electrons. The van der Waals surface area contributed by atoms with Crippen LogP contribution in [0.25, 0.3) is 11.2 Å². The van der Waals surface area contributed by atoms with Crippen molar-refractivity contribution in [3.05, 3.63) is 10.5 Å². The fourth-order valence-electron chi connectivity index (χ4n) is 2.44. The quantitative estimate of drug-likeness (QED) is 0.852. The van der Waals surface area contributed by atoms with Gasteiger partial charge in [0.05, 0.1) is 5.69 Å². The van der Waals surface area contributed by atoms with Gasteiger partial charge < -0.3 is 10.3 Å². The van der Waals surface area contributed by atoms with Gasteiger partial charge in [0.2, 0.25) is 5.91 Å². The molecule has 0 radical (unpaired) electrons. The molecule has 7 heteroatoms. The van der Waals surface area contributed by atoms with Crippen LogP contribution in [0.2, 0.25) is 0 Å². The lowest BCUT2D eigenvalue weighted by atomic mass is 10.1. The predicted octanol–water partition coefficient (Wildman–Crippen LogP) is 2.30. The highest BCUT2D eigenvalue weighted by atomic mass is 32.1. The summed E-state index contributed by atoms with van der Waals surface area (Å²) < 4.78 is 4.15. The number of H-pyrrole nitrogens is 1. The fraction of sp³-hybridized carbons (Fsp3) is 0.643. The van der Waals surface area contributed by atoms with Crippen molar-refractivity contribution in [2.45, 2.75) is 52.6 Å². The van der Waals surface area contributed by atoms with Crippen molar-refractivity contribution < 1.29 is 4.79 Å². The topological polar surface area (TPSA) is 67.6 Å². The monoisotopic (exact) mass is 309 g/mol. The summed E-state index contributed by atoms with van der Waals surface area (Å²) in [6.07, 6.45) is 1.91. The average molecular weight is 309 g/mol. The number of imidazole rings is 1. The molecule has 6 nitrogen and oxygen atoms in total. The van der Waals surface area contributed by atoms with Gasteiger partial charge in [0.25, 0.3) is 0 Å². The lowest BCUT2D eigenvalue weighted by molar-refractivity contribution is -0.123. The van der Waals surface area contributed by atoms with Gasteiger partial charge in [-0.25, -0.2) is 0 Å². The van der Waals surface area contributed by atoms with E-state index in [2.05, 4.69) is 22.3 Å². The van der Waals surface area contributed by atoms with Crippen LogP contribution in [0.15, 0.2) is 0 Å². The van der Waals surface area contributed by atoms with E-state index >= 15 is 0 Å². The summed E-state index contributed by atoms with van der Waals surface area (Å²) in [5.41, 5.74) is 2.55. The molecule has 0 spiro atoms. The van der Waals surface area contributed by atoms with Crippen LogP contribution in [0.4, 0.5) is 0 Å². The summed E-state index contributed by atoms with van der Waals surface area (Å²) >= 11 is 5.36. The van der Waals surface area contributed by atoms with E-state index < -0.39 is 0 Å². The van der Waals surface area contributed by atoms with Crippen molar-refractivity contribution in [1.82, 2.24) is 24.6 Å². The van der Waals surface area contributed by atoms with Crippen molar-refractivity contribution in [2.24, 2.45) is 7.05 Å². The highest BCUT2D eigenvalue weighted by molar-refractivity contribution is 7.71. The first-order valence-electron chi connectivity index (χ1n) is 7.18. The number of aromatic amines is 1. The Balaban J connectivity index is 2.38. The Kier molecular flexibility index (Phi) is 4.22. The number of hydrogen-bond acceptors (Lipinski definition) is 3. The Morgan fingerprint density at radius 1 is 1.43 bits per heavy atom. The maximum atomic E-state index is 12.1. The number of rotatable bonds is 4. The minimum absolute atomic E-state index is 0.0576. The maximum absolute atomic E-state index is 12.1. The van der Waals surface area contributed by atoms with Crippen molar-refractivity contribution in [3.63, 3.8) is 0 Å². The van der Waals surface area contributed by atoms with Crippen molar-refractivity contribution in [3.8, 4) is 0 Å². The van der Waals surface area contributed by atoms with Crippen molar-refractivity contribution >= 4 is 29.3 Å². The van der Waals surface area contributed by atoms with Crippen LogP contribution in [-0.4, -0.2) is 30.8 Å².